The van der Waals surface area contributed by atoms with Gasteiger partial charge in [0.15, 0.2) is 17.4 Å². The molecule has 0 amide bonds. The number of furan rings is 1. The van der Waals surface area contributed by atoms with E-state index in [-0.39, 0.29) is 0 Å². The SMILES string of the molecule is COCCc1nc(-c2occc2C)n(Cc2ccc(OC)cc2)n1. The van der Waals surface area contributed by atoms with Crippen LogP contribution in [-0.4, -0.2) is 35.6 Å². The Morgan fingerprint density at radius 1 is 1.12 bits per heavy atom. The van der Waals surface area contributed by atoms with Crippen LogP contribution in [0, 0.1) is 6.92 Å². The lowest BCUT2D eigenvalue weighted by atomic mass is 10.2. The number of rotatable bonds is 7. The molecule has 0 aliphatic carbocycles. The fraction of sp³-hybridized carbons (Fsp3) is 0.333. The molecule has 0 bridgehead atoms. The molecule has 6 heteroatoms. The molecule has 6 nitrogen and oxygen atoms in total. The van der Waals surface area contributed by atoms with Crippen LogP contribution in [0.4, 0.5) is 0 Å². The van der Waals surface area contributed by atoms with Gasteiger partial charge >= 0.3 is 0 Å². The Labute approximate surface area is 141 Å². The predicted molar refractivity (Wildman–Crippen MR) is 90.1 cm³/mol. The highest BCUT2D eigenvalue weighted by atomic mass is 16.5. The van der Waals surface area contributed by atoms with Gasteiger partial charge in [-0.3, -0.25) is 0 Å². The Morgan fingerprint density at radius 2 is 1.92 bits per heavy atom. The minimum atomic E-state index is 0.586. The zero-order valence-electron chi connectivity index (χ0n) is 14.2. The maximum absolute atomic E-state index is 5.61. The first-order chi connectivity index (χ1) is 11.7. The molecule has 0 aliphatic heterocycles. The second-order valence-electron chi connectivity index (χ2n) is 5.53. The van der Waals surface area contributed by atoms with E-state index in [1.807, 2.05) is 41.9 Å². The van der Waals surface area contributed by atoms with Crippen molar-refractivity contribution in [2.24, 2.45) is 0 Å². The van der Waals surface area contributed by atoms with E-state index in [4.69, 9.17) is 13.9 Å². The van der Waals surface area contributed by atoms with Crippen molar-refractivity contribution in [1.29, 1.82) is 0 Å². The van der Waals surface area contributed by atoms with E-state index in [9.17, 15) is 0 Å². The number of aromatic nitrogens is 3. The van der Waals surface area contributed by atoms with Crippen molar-refractivity contribution in [1.82, 2.24) is 14.8 Å². The van der Waals surface area contributed by atoms with Crippen LogP contribution < -0.4 is 4.74 Å². The smallest absolute Gasteiger partial charge is 0.195 e. The van der Waals surface area contributed by atoms with Crippen molar-refractivity contribution in [2.75, 3.05) is 20.8 Å². The van der Waals surface area contributed by atoms with E-state index in [2.05, 4.69) is 10.1 Å². The fourth-order valence-electron chi connectivity index (χ4n) is 2.47. The molecule has 2 heterocycles. The van der Waals surface area contributed by atoms with Gasteiger partial charge in [0.1, 0.15) is 5.75 Å². The van der Waals surface area contributed by atoms with Crippen molar-refractivity contribution in [2.45, 2.75) is 19.9 Å². The maximum atomic E-state index is 5.61. The number of methoxy groups -OCH3 is 2. The monoisotopic (exact) mass is 327 g/mol. The minimum absolute atomic E-state index is 0.586. The average molecular weight is 327 g/mol. The van der Waals surface area contributed by atoms with Gasteiger partial charge in [-0.1, -0.05) is 12.1 Å². The average Bonchev–Trinajstić information content (AvgIpc) is 3.19. The zero-order chi connectivity index (χ0) is 16.9. The third kappa shape index (κ3) is 3.49. The minimum Gasteiger partial charge on any atom is -0.497 e. The summed E-state index contributed by atoms with van der Waals surface area (Å²) in [5.74, 6) is 3.07. The summed E-state index contributed by atoms with van der Waals surface area (Å²) in [6.07, 6.45) is 2.34. The summed E-state index contributed by atoms with van der Waals surface area (Å²) in [5.41, 5.74) is 2.15. The maximum Gasteiger partial charge on any atom is 0.195 e. The van der Waals surface area contributed by atoms with E-state index in [0.29, 0.717) is 19.6 Å². The summed E-state index contributed by atoms with van der Waals surface area (Å²) in [6, 6.07) is 9.85. The number of ether oxygens (including phenoxy) is 2. The highest BCUT2D eigenvalue weighted by molar-refractivity contribution is 5.52. The van der Waals surface area contributed by atoms with Crippen LogP contribution in [0.2, 0.25) is 0 Å². The van der Waals surface area contributed by atoms with Gasteiger partial charge in [-0.25, -0.2) is 9.67 Å². The first-order valence-electron chi connectivity index (χ1n) is 7.81. The summed E-state index contributed by atoms with van der Waals surface area (Å²) >= 11 is 0. The van der Waals surface area contributed by atoms with Crippen LogP contribution in [0.3, 0.4) is 0 Å². The standard InChI is InChI=1S/C18H21N3O3/c1-13-8-11-24-17(13)18-19-16(9-10-22-2)20-21(18)12-14-4-6-15(23-3)7-5-14/h4-8,11H,9-10,12H2,1-3H3. The van der Waals surface area contributed by atoms with E-state index < -0.39 is 0 Å². The molecule has 1 aromatic carbocycles. The molecule has 0 N–H and O–H groups in total. The lowest BCUT2D eigenvalue weighted by molar-refractivity contribution is 0.200. The van der Waals surface area contributed by atoms with Gasteiger partial charge in [-0.05, 0) is 36.2 Å². The Bertz CT molecular complexity index is 790. The van der Waals surface area contributed by atoms with E-state index in [1.54, 1.807) is 20.5 Å². The topological polar surface area (TPSA) is 62.3 Å². The molecule has 0 radical (unpaired) electrons. The Morgan fingerprint density at radius 3 is 2.54 bits per heavy atom. The lowest BCUT2D eigenvalue weighted by Gasteiger charge is -2.06. The van der Waals surface area contributed by atoms with Crippen molar-refractivity contribution in [3.8, 4) is 17.3 Å². The predicted octanol–water partition coefficient (Wildman–Crippen LogP) is 3.09. The number of hydrogen-bond acceptors (Lipinski definition) is 5. The van der Waals surface area contributed by atoms with Gasteiger partial charge in [-0.2, -0.15) is 5.10 Å². The summed E-state index contributed by atoms with van der Waals surface area (Å²) < 4.78 is 17.8. The largest absolute Gasteiger partial charge is 0.497 e. The van der Waals surface area contributed by atoms with Gasteiger partial charge in [0.2, 0.25) is 0 Å². The third-order valence-electron chi connectivity index (χ3n) is 3.80. The normalized spacial score (nSPS) is 11.0. The summed E-state index contributed by atoms with van der Waals surface area (Å²) in [4.78, 5) is 4.63. The molecular formula is C18H21N3O3. The number of nitrogens with zero attached hydrogens (tertiary/aromatic N) is 3. The van der Waals surface area contributed by atoms with Crippen LogP contribution in [0.15, 0.2) is 41.0 Å². The van der Waals surface area contributed by atoms with Crippen LogP contribution in [-0.2, 0) is 17.7 Å². The molecule has 0 saturated carbocycles. The summed E-state index contributed by atoms with van der Waals surface area (Å²) in [5, 5.41) is 4.62. The van der Waals surface area contributed by atoms with Crippen LogP contribution in [0.1, 0.15) is 17.0 Å². The Kier molecular flexibility index (Phi) is 4.96. The highest BCUT2D eigenvalue weighted by Crippen LogP contribution is 2.24. The number of benzene rings is 1. The van der Waals surface area contributed by atoms with Gasteiger partial charge in [0, 0.05) is 13.5 Å². The molecule has 24 heavy (non-hydrogen) atoms. The fourth-order valence-corrected chi connectivity index (χ4v) is 2.47. The van der Waals surface area contributed by atoms with Crippen molar-refractivity contribution in [3.05, 3.63) is 53.5 Å². The third-order valence-corrected chi connectivity index (χ3v) is 3.80. The quantitative estimate of drug-likeness (QED) is 0.667. The van der Waals surface area contributed by atoms with Crippen LogP contribution in [0.25, 0.3) is 11.6 Å². The molecular weight excluding hydrogens is 306 g/mol. The number of aryl methyl sites for hydroxylation is 1. The first-order valence-corrected chi connectivity index (χ1v) is 7.81. The van der Waals surface area contributed by atoms with Gasteiger partial charge in [0.25, 0.3) is 0 Å². The van der Waals surface area contributed by atoms with Crippen molar-refractivity contribution < 1.29 is 13.9 Å². The van der Waals surface area contributed by atoms with E-state index >= 15 is 0 Å². The second kappa shape index (κ2) is 7.31. The molecule has 0 atom stereocenters. The summed E-state index contributed by atoms with van der Waals surface area (Å²) in [7, 11) is 3.33. The van der Waals surface area contributed by atoms with Gasteiger partial charge in [0.05, 0.1) is 26.5 Å². The lowest BCUT2D eigenvalue weighted by Crippen LogP contribution is -2.05. The molecule has 0 fully saturated rings. The highest BCUT2D eigenvalue weighted by Gasteiger charge is 2.17. The second-order valence-corrected chi connectivity index (χ2v) is 5.53. The molecule has 2 aromatic heterocycles. The number of hydrogen-bond donors (Lipinski definition) is 0. The molecule has 3 aromatic rings. The first kappa shape index (κ1) is 16.3. The zero-order valence-corrected chi connectivity index (χ0v) is 14.2. The molecule has 0 spiro atoms. The van der Waals surface area contributed by atoms with E-state index in [1.165, 1.54) is 0 Å². The van der Waals surface area contributed by atoms with Crippen LogP contribution >= 0.6 is 0 Å². The Hall–Kier alpha value is -2.60. The molecule has 126 valence electrons. The van der Waals surface area contributed by atoms with Crippen molar-refractivity contribution in [3.63, 3.8) is 0 Å². The van der Waals surface area contributed by atoms with Gasteiger partial charge < -0.3 is 13.9 Å². The molecule has 0 saturated heterocycles. The molecule has 0 aliphatic rings. The van der Waals surface area contributed by atoms with Gasteiger partial charge in [-0.15, -0.1) is 0 Å². The molecule has 0 unspecified atom stereocenters. The molecule has 3 rings (SSSR count). The summed E-state index contributed by atoms with van der Waals surface area (Å²) in [6.45, 7) is 3.20. The van der Waals surface area contributed by atoms with Crippen molar-refractivity contribution >= 4 is 0 Å². The van der Waals surface area contributed by atoms with Crippen LogP contribution in [0.5, 0.6) is 5.75 Å². The van der Waals surface area contributed by atoms with E-state index in [0.717, 1.165) is 34.3 Å². The Balaban J connectivity index is 1.92.